The lowest BCUT2D eigenvalue weighted by Gasteiger charge is -2.11. The van der Waals surface area contributed by atoms with Crippen molar-refractivity contribution in [2.24, 2.45) is 5.10 Å². The number of phenols is 1. The Balaban J connectivity index is 2.13. The number of halogens is 2. The summed E-state index contributed by atoms with van der Waals surface area (Å²) in [5.41, 5.74) is 3.33. The summed E-state index contributed by atoms with van der Waals surface area (Å²) >= 11 is 6.59. The van der Waals surface area contributed by atoms with E-state index >= 15 is 0 Å². The number of aliphatic hydroxyl groups is 1. The van der Waals surface area contributed by atoms with Gasteiger partial charge < -0.3 is 14.9 Å². The van der Waals surface area contributed by atoms with Crippen LogP contribution in [0.5, 0.6) is 11.5 Å². The molecule has 2 aromatic carbocycles. The fraction of sp³-hybridized carbons (Fsp3) is 0.176. The van der Waals surface area contributed by atoms with Crippen molar-refractivity contribution in [2.45, 2.75) is 13.0 Å². The van der Waals surface area contributed by atoms with Gasteiger partial charge in [-0.1, -0.05) is 30.3 Å². The Morgan fingerprint density at radius 2 is 2.00 bits per heavy atom. The Hall–Kier alpha value is -1.90. The molecule has 132 valence electrons. The zero-order chi connectivity index (χ0) is 18.4. The summed E-state index contributed by atoms with van der Waals surface area (Å²) in [6.45, 7) is 2.19. The molecule has 3 N–H and O–H groups in total. The smallest absolute Gasteiger partial charge is 0.273 e. The Labute approximate surface area is 161 Å². The predicted octanol–water partition coefficient (Wildman–Crippen LogP) is 3.50. The highest BCUT2D eigenvalue weighted by Crippen LogP contribution is 2.41. The fourth-order valence-corrected chi connectivity index (χ4v) is 2.81. The number of ether oxygens (including phenoxy) is 1. The molecule has 8 heteroatoms. The van der Waals surface area contributed by atoms with Crippen LogP contribution in [0.15, 0.2) is 50.4 Å². The molecule has 0 spiro atoms. The normalized spacial score (nSPS) is 12.2. The second-order valence-corrected chi connectivity index (χ2v) is 6.51. The number of aromatic hydroxyl groups is 1. The molecule has 0 saturated carbocycles. The van der Waals surface area contributed by atoms with Crippen LogP contribution in [-0.4, -0.2) is 28.9 Å². The summed E-state index contributed by atoms with van der Waals surface area (Å²) in [6.07, 6.45) is 0.0687. The van der Waals surface area contributed by atoms with E-state index in [2.05, 4.69) is 42.4 Å². The minimum atomic E-state index is -1.31. The van der Waals surface area contributed by atoms with E-state index < -0.39 is 12.0 Å². The third-order valence-electron chi connectivity index (χ3n) is 3.22. The number of aliphatic hydroxyl groups excluding tert-OH is 1. The number of nitrogens with one attached hydrogen (secondary N) is 1. The van der Waals surface area contributed by atoms with Crippen LogP contribution in [0.1, 0.15) is 24.2 Å². The number of benzene rings is 2. The van der Waals surface area contributed by atoms with Gasteiger partial charge in [-0.2, -0.15) is 5.10 Å². The summed E-state index contributed by atoms with van der Waals surface area (Å²) in [7, 11) is 0. The monoisotopic (exact) mass is 470 g/mol. The molecule has 1 atom stereocenters. The summed E-state index contributed by atoms with van der Waals surface area (Å²) in [4.78, 5) is 11.9. The van der Waals surface area contributed by atoms with Crippen LogP contribution in [0.3, 0.4) is 0 Å². The molecule has 0 heterocycles. The lowest BCUT2D eigenvalue weighted by atomic mass is 10.1. The van der Waals surface area contributed by atoms with Crippen LogP contribution in [0.25, 0.3) is 0 Å². The number of carbonyl (C=O) groups is 1. The molecule has 0 aliphatic carbocycles. The van der Waals surface area contributed by atoms with Crippen molar-refractivity contribution in [3.05, 3.63) is 56.5 Å². The lowest BCUT2D eigenvalue weighted by molar-refractivity contribution is -0.129. The molecule has 2 aromatic rings. The van der Waals surface area contributed by atoms with Gasteiger partial charge in [-0.3, -0.25) is 4.79 Å². The van der Waals surface area contributed by atoms with Crippen LogP contribution in [0.2, 0.25) is 0 Å². The molecule has 25 heavy (non-hydrogen) atoms. The Kier molecular flexibility index (Phi) is 6.98. The molecule has 0 aromatic heterocycles. The van der Waals surface area contributed by atoms with Gasteiger partial charge in [0.1, 0.15) is 0 Å². The maximum atomic E-state index is 11.9. The molecule has 0 bridgehead atoms. The Morgan fingerprint density at radius 3 is 2.64 bits per heavy atom. The van der Waals surface area contributed by atoms with E-state index in [1.54, 1.807) is 43.3 Å². The first-order valence-electron chi connectivity index (χ1n) is 7.35. The first kappa shape index (κ1) is 19.4. The van der Waals surface area contributed by atoms with E-state index in [1.807, 2.05) is 0 Å². The molecule has 2 rings (SSSR count). The number of nitrogens with zero attached hydrogens (tertiary/aromatic N) is 1. The van der Waals surface area contributed by atoms with Crippen molar-refractivity contribution < 1.29 is 19.7 Å². The van der Waals surface area contributed by atoms with Crippen molar-refractivity contribution in [1.82, 2.24) is 5.43 Å². The van der Waals surface area contributed by atoms with Gasteiger partial charge in [0.25, 0.3) is 5.91 Å². The maximum absolute atomic E-state index is 11.9. The maximum Gasteiger partial charge on any atom is 0.273 e. The molecule has 0 saturated heterocycles. The number of amides is 1. The summed E-state index contributed by atoms with van der Waals surface area (Å²) < 4.78 is 6.31. The molecule has 0 aliphatic heterocycles. The van der Waals surface area contributed by atoms with Gasteiger partial charge in [0.15, 0.2) is 17.6 Å². The van der Waals surface area contributed by atoms with E-state index in [0.29, 0.717) is 26.7 Å². The fourth-order valence-electron chi connectivity index (χ4n) is 1.98. The predicted molar refractivity (Wildman–Crippen MR) is 102 cm³/mol. The van der Waals surface area contributed by atoms with E-state index in [9.17, 15) is 15.0 Å². The molecule has 0 fully saturated rings. The van der Waals surface area contributed by atoms with Crippen molar-refractivity contribution in [3.63, 3.8) is 0 Å². The standard InChI is InChI=1S/C17H16Br2N2O4/c1-2-25-12-8-11(13(18)14(19)16(12)23)9-20-21-17(24)15(22)10-6-4-3-5-7-10/h3-9,15,22-23H,2H2,1H3,(H,21,24)/b20-9+/t15-/m1/s1. The SMILES string of the molecule is CCOc1cc(/C=N/NC(=O)[C@H](O)c2ccccc2)c(Br)c(Br)c1O. The molecule has 1 amide bonds. The minimum Gasteiger partial charge on any atom is -0.503 e. The summed E-state index contributed by atoms with van der Waals surface area (Å²) in [5.74, 6) is -0.398. The third kappa shape index (κ3) is 4.81. The van der Waals surface area contributed by atoms with E-state index in [0.717, 1.165) is 0 Å². The number of hydrazone groups is 1. The highest BCUT2D eigenvalue weighted by atomic mass is 79.9. The Bertz CT molecular complexity index is 782. The van der Waals surface area contributed by atoms with Crippen LogP contribution in [-0.2, 0) is 4.79 Å². The van der Waals surface area contributed by atoms with Gasteiger partial charge >= 0.3 is 0 Å². The second kappa shape index (κ2) is 8.98. The van der Waals surface area contributed by atoms with Crippen LogP contribution < -0.4 is 10.2 Å². The number of hydrogen-bond acceptors (Lipinski definition) is 5. The van der Waals surface area contributed by atoms with Gasteiger partial charge in [0.05, 0.1) is 17.3 Å². The van der Waals surface area contributed by atoms with Crippen LogP contribution >= 0.6 is 31.9 Å². The summed E-state index contributed by atoms with van der Waals surface area (Å²) in [5, 5.41) is 23.8. The lowest BCUT2D eigenvalue weighted by Crippen LogP contribution is -2.25. The molecular formula is C17H16Br2N2O4. The second-order valence-electron chi connectivity index (χ2n) is 4.92. The van der Waals surface area contributed by atoms with Gasteiger partial charge in [-0.05, 0) is 50.4 Å². The first-order chi connectivity index (χ1) is 12.0. The molecule has 0 aliphatic rings. The zero-order valence-electron chi connectivity index (χ0n) is 13.2. The van der Waals surface area contributed by atoms with Crippen LogP contribution in [0.4, 0.5) is 0 Å². The highest BCUT2D eigenvalue weighted by Gasteiger charge is 2.17. The number of hydrogen-bond donors (Lipinski definition) is 3. The summed E-state index contributed by atoms with van der Waals surface area (Å²) in [6, 6.07) is 10.1. The minimum absolute atomic E-state index is 0.0330. The number of rotatable bonds is 6. The zero-order valence-corrected chi connectivity index (χ0v) is 16.4. The van der Waals surface area contributed by atoms with E-state index in [4.69, 9.17) is 4.74 Å². The van der Waals surface area contributed by atoms with E-state index in [-0.39, 0.29) is 11.5 Å². The quantitative estimate of drug-likeness (QED) is 0.444. The highest BCUT2D eigenvalue weighted by molar-refractivity contribution is 9.13. The van der Waals surface area contributed by atoms with Crippen molar-refractivity contribution in [3.8, 4) is 11.5 Å². The van der Waals surface area contributed by atoms with Crippen molar-refractivity contribution in [1.29, 1.82) is 0 Å². The first-order valence-corrected chi connectivity index (χ1v) is 8.94. The third-order valence-corrected chi connectivity index (χ3v) is 5.37. The van der Waals surface area contributed by atoms with Gasteiger partial charge in [-0.15, -0.1) is 0 Å². The molecular weight excluding hydrogens is 456 g/mol. The Morgan fingerprint density at radius 1 is 1.32 bits per heavy atom. The van der Waals surface area contributed by atoms with Gasteiger partial charge in [0.2, 0.25) is 0 Å². The number of phenolic OH excluding ortho intramolecular Hbond substituents is 1. The molecule has 6 nitrogen and oxygen atoms in total. The van der Waals surface area contributed by atoms with Crippen LogP contribution in [0, 0.1) is 0 Å². The van der Waals surface area contributed by atoms with Gasteiger partial charge in [-0.25, -0.2) is 5.43 Å². The number of carbonyl (C=O) groups excluding carboxylic acids is 1. The largest absolute Gasteiger partial charge is 0.503 e. The van der Waals surface area contributed by atoms with Crippen molar-refractivity contribution in [2.75, 3.05) is 6.61 Å². The van der Waals surface area contributed by atoms with Crippen molar-refractivity contribution >= 4 is 44.0 Å². The average molecular weight is 472 g/mol. The molecule has 0 unspecified atom stereocenters. The van der Waals surface area contributed by atoms with E-state index in [1.165, 1.54) is 6.21 Å². The average Bonchev–Trinajstić information content (AvgIpc) is 2.63. The van der Waals surface area contributed by atoms with Gasteiger partial charge in [0, 0.05) is 10.0 Å². The molecule has 0 radical (unpaired) electrons. The topological polar surface area (TPSA) is 91.2 Å².